The van der Waals surface area contributed by atoms with Gasteiger partial charge in [-0.2, -0.15) is 33.7 Å². The van der Waals surface area contributed by atoms with Crippen molar-refractivity contribution in [2.45, 2.75) is 9.79 Å². The quantitative estimate of drug-likeness (QED) is 0.0333. The van der Waals surface area contributed by atoms with E-state index in [1.165, 1.54) is 60.9 Å². The second-order valence-corrected chi connectivity index (χ2v) is 17.5. The number of hydrazine groups is 2. The molecule has 59 heavy (non-hydrogen) atoms. The third kappa shape index (κ3) is 10.1. The fraction of sp³-hybridized carbons (Fsp3) is 0. The summed E-state index contributed by atoms with van der Waals surface area (Å²) in [4.78, 5) is 31.1. The maximum atomic E-state index is 12.9. The number of rotatable bonds is 12. The first-order valence-electron chi connectivity index (χ1n) is 15.9. The number of carbonyl (C=O) groups excluding carboxylic acids is 2. The van der Waals surface area contributed by atoms with Gasteiger partial charge in [0.1, 0.15) is 31.0 Å². The van der Waals surface area contributed by atoms with Gasteiger partial charge in [-0.05, 0) is 71.8 Å². The Morgan fingerprint density at radius 1 is 0.525 bits per heavy atom. The average molecular weight is 894 g/mol. The molecule has 0 saturated heterocycles. The number of anilines is 2. The molecule has 0 amide bonds. The summed E-state index contributed by atoms with van der Waals surface area (Å²) in [5.74, 6) is -1.40. The Bertz CT molecular complexity index is 2850. The molecule has 8 N–H and O–H groups in total. The third-order valence-corrected chi connectivity index (χ3v) is 11.7. The summed E-state index contributed by atoms with van der Waals surface area (Å²) in [5.41, 5.74) is 8.58. The molecule has 301 valence electrons. The molecule has 0 aliphatic heterocycles. The number of hydrogen-bond donors (Lipinski definition) is 8. The van der Waals surface area contributed by atoms with Gasteiger partial charge in [-0.25, -0.2) is 0 Å². The predicted octanol–water partition coefficient (Wildman–Crippen LogP) is 2.61. The van der Waals surface area contributed by atoms with E-state index in [2.05, 4.69) is 31.7 Å². The number of pyridine rings is 2. The van der Waals surface area contributed by atoms with Crippen LogP contribution in [0.5, 0.6) is 0 Å². The van der Waals surface area contributed by atoms with E-state index in [9.17, 15) is 61.5 Å². The number of nitrogens with one attached hydrogen (secondary N) is 4. The van der Waals surface area contributed by atoms with Crippen molar-refractivity contribution in [2.24, 2.45) is 0 Å². The van der Waals surface area contributed by atoms with Gasteiger partial charge in [-0.15, -0.1) is 0 Å². The summed E-state index contributed by atoms with van der Waals surface area (Å²) in [7, 11) is -19.4. The molecule has 0 saturated carbocycles. The van der Waals surface area contributed by atoms with Crippen LogP contribution in [0.15, 0.2) is 119 Å². The number of benzene rings is 2. The molecule has 2 aliphatic rings. The Kier molecular flexibility index (Phi) is 12.9. The normalized spacial score (nSPS) is 15.8. The third-order valence-electron chi connectivity index (χ3n) is 8.14. The van der Waals surface area contributed by atoms with Crippen molar-refractivity contribution in [1.29, 1.82) is 0 Å². The zero-order valence-electron chi connectivity index (χ0n) is 29.8. The molecule has 25 heteroatoms. The summed E-state index contributed by atoms with van der Waals surface area (Å²) >= 11 is 0. The summed E-state index contributed by atoms with van der Waals surface area (Å²) in [6.07, 6.45) is 8.60. The molecule has 2 aliphatic carbocycles. The first kappa shape index (κ1) is 44.7. The van der Waals surface area contributed by atoms with Crippen molar-refractivity contribution in [3.8, 4) is 0 Å². The minimum absolute atomic E-state index is 0. The molecular weight excluding hydrogens is 868 g/mol. The van der Waals surface area contributed by atoms with E-state index >= 15 is 0 Å². The number of hydrogen-bond acceptors (Lipinski definition) is 16. The zero-order valence-corrected chi connectivity index (χ0v) is 35.1. The monoisotopic (exact) mass is 893 g/mol. The minimum atomic E-state index is -4.94. The minimum Gasteiger partial charge on any atom is -0.307 e. The van der Waals surface area contributed by atoms with Crippen LogP contribution < -0.4 is 21.7 Å². The molecule has 1 radical (unpaired) electrons. The first-order chi connectivity index (χ1) is 27.1. The number of aromatic nitrogens is 2. The zero-order chi connectivity index (χ0) is 42.2. The van der Waals surface area contributed by atoms with Crippen LogP contribution in [0.4, 0.5) is 11.4 Å². The number of nitrogens with zero attached hydrogens (tertiary/aromatic N) is 2. The van der Waals surface area contributed by atoms with Crippen LogP contribution in [0.25, 0.3) is 22.0 Å². The van der Waals surface area contributed by atoms with Crippen molar-refractivity contribution in [3.05, 3.63) is 142 Å². The molecule has 0 atom stereocenters. The second kappa shape index (κ2) is 17.1. The maximum absolute atomic E-state index is 12.9. The number of fused-ring (bicyclic) bond motifs is 2. The van der Waals surface area contributed by atoms with Crippen molar-refractivity contribution in [1.82, 2.24) is 20.8 Å². The van der Waals surface area contributed by atoms with Gasteiger partial charge >= 0.3 is 0 Å². The van der Waals surface area contributed by atoms with Crippen LogP contribution in [0, 0.1) is 0 Å². The van der Waals surface area contributed by atoms with Gasteiger partial charge in [0.25, 0.3) is 40.5 Å². The van der Waals surface area contributed by atoms with E-state index in [4.69, 9.17) is 0 Å². The number of ketones is 2. The predicted molar refractivity (Wildman–Crippen MR) is 213 cm³/mol. The van der Waals surface area contributed by atoms with E-state index < -0.39 is 71.6 Å². The first-order valence-corrected chi connectivity index (χ1v) is 21.6. The maximum Gasteiger partial charge on any atom is 0.295 e. The van der Waals surface area contributed by atoms with Crippen molar-refractivity contribution in [2.75, 3.05) is 10.9 Å². The van der Waals surface area contributed by atoms with Crippen LogP contribution in [0.3, 0.4) is 0 Å². The number of allylic oxidation sites excluding steroid dienone is 4. The van der Waals surface area contributed by atoms with Gasteiger partial charge in [0.15, 0.2) is 0 Å². The van der Waals surface area contributed by atoms with Gasteiger partial charge < -0.3 is 21.7 Å². The van der Waals surface area contributed by atoms with Crippen LogP contribution in [-0.4, -0.2) is 103 Å². The SMILES string of the molecule is O=C1/C(=C/NNc2ccc(C=Cc3ccc(NN/C=C4\C=C(S(=O)(=O)O)c5cccnc5C4=O)cc3S(=O)(=O)O)c(S(=O)(=O)O)c2)C=C(S(=O)(=O)O)c2cccnc21.[Na]. The Labute approximate surface area is 357 Å². The number of carbonyl (C=O) groups is 2. The van der Waals surface area contributed by atoms with Gasteiger partial charge in [0.2, 0.25) is 11.6 Å². The Morgan fingerprint density at radius 3 is 1.24 bits per heavy atom. The Morgan fingerprint density at radius 2 is 0.898 bits per heavy atom. The molecule has 0 bridgehead atoms. The average Bonchev–Trinajstić information content (AvgIpc) is 3.14. The largest absolute Gasteiger partial charge is 0.307 e. The van der Waals surface area contributed by atoms with Gasteiger partial charge in [0, 0.05) is 76.6 Å². The molecule has 2 heterocycles. The van der Waals surface area contributed by atoms with E-state index in [1.54, 1.807) is 0 Å². The van der Waals surface area contributed by atoms with E-state index in [-0.39, 0.29) is 85.7 Å². The van der Waals surface area contributed by atoms with Crippen molar-refractivity contribution < 1.29 is 61.5 Å². The van der Waals surface area contributed by atoms with E-state index in [0.717, 1.165) is 48.8 Å². The topological polar surface area (TPSA) is 326 Å². The Hall–Kier alpha value is -5.38. The fourth-order valence-corrected chi connectivity index (χ4v) is 8.43. The molecule has 0 fully saturated rings. The summed E-state index contributed by atoms with van der Waals surface area (Å²) in [6, 6.07) is 12.3. The fourth-order valence-electron chi connectivity index (χ4n) is 5.57. The van der Waals surface area contributed by atoms with Gasteiger partial charge in [0.05, 0.1) is 11.4 Å². The standard InChI is InChI=1S/C34H26N6O14S4.Na/c41-33-21(13-29(57(49,50)51)25-3-1-11-35-31(25)33)17-37-39-23-9-7-19(27(15-23)55(43,44)45)5-6-20-8-10-24(16-28(20)56(46,47)48)40-38-18-22-14-30(58(52,53)54)26-4-2-12-36-32(26)34(22)42;/h1-18,37-40H,(H,43,44,45)(H,46,47,48)(H,49,50,51)(H,52,53,54);/b6-5?,21-17+,22-18+;. The van der Waals surface area contributed by atoms with Crippen molar-refractivity contribution in [3.63, 3.8) is 0 Å². The summed E-state index contributed by atoms with van der Waals surface area (Å²) in [6.45, 7) is 0. The molecule has 20 nitrogen and oxygen atoms in total. The molecule has 4 aromatic rings. The van der Waals surface area contributed by atoms with E-state index in [1.807, 2.05) is 0 Å². The van der Waals surface area contributed by atoms with Crippen LogP contribution in [0.1, 0.15) is 43.2 Å². The van der Waals surface area contributed by atoms with Gasteiger partial charge in [-0.3, -0.25) is 37.8 Å². The van der Waals surface area contributed by atoms with Crippen LogP contribution in [0.2, 0.25) is 0 Å². The number of Topliss-reactive ketones (excluding diaryl/α,β-unsaturated/α-hetero) is 2. The Balaban J connectivity index is 0.00000661. The smallest absolute Gasteiger partial charge is 0.295 e. The van der Waals surface area contributed by atoms with Crippen molar-refractivity contribution >= 4 is 115 Å². The molecule has 2 aromatic carbocycles. The molecule has 0 spiro atoms. The summed E-state index contributed by atoms with van der Waals surface area (Å²) < 4.78 is 137. The van der Waals surface area contributed by atoms with Crippen LogP contribution >= 0.6 is 0 Å². The molecule has 6 rings (SSSR count). The van der Waals surface area contributed by atoms with Crippen LogP contribution in [-0.2, 0) is 40.5 Å². The van der Waals surface area contributed by atoms with E-state index in [0.29, 0.717) is 0 Å². The van der Waals surface area contributed by atoms with Gasteiger partial charge in [-0.1, -0.05) is 24.3 Å². The molecular formula is C34H26N6NaO14S4. The molecule has 2 aromatic heterocycles. The molecule has 0 unspecified atom stereocenters. The second-order valence-electron chi connectivity index (χ2n) is 12.0. The summed E-state index contributed by atoms with van der Waals surface area (Å²) in [5, 5.41) is 0.